The standard InChI is InChI=1S/C11H14F3N5O/c1-10(2)8(20)16-3-4-19(10)7-5-6(11(12,13)14)17-9(15)18-7/h5H,3-4H2,1-2H3,(H,16,20)(H2,15,17,18). The van der Waals surface area contributed by atoms with Gasteiger partial charge in [0.05, 0.1) is 0 Å². The molecule has 1 saturated heterocycles. The summed E-state index contributed by atoms with van der Waals surface area (Å²) >= 11 is 0. The van der Waals surface area contributed by atoms with Crippen LogP contribution in [0.1, 0.15) is 19.5 Å². The van der Waals surface area contributed by atoms with Crippen molar-refractivity contribution in [3.63, 3.8) is 0 Å². The number of nitrogen functional groups attached to an aromatic ring is 1. The number of aromatic nitrogens is 2. The van der Waals surface area contributed by atoms with Crippen molar-refractivity contribution in [2.24, 2.45) is 0 Å². The van der Waals surface area contributed by atoms with E-state index in [1.54, 1.807) is 13.8 Å². The fourth-order valence-electron chi connectivity index (χ4n) is 2.04. The van der Waals surface area contributed by atoms with Gasteiger partial charge in [0.25, 0.3) is 0 Å². The zero-order valence-electron chi connectivity index (χ0n) is 11.0. The molecular weight excluding hydrogens is 275 g/mol. The van der Waals surface area contributed by atoms with E-state index in [0.29, 0.717) is 13.1 Å². The molecule has 1 amide bonds. The number of hydrogen-bond donors (Lipinski definition) is 2. The number of hydrogen-bond acceptors (Lipinski definition) is 5. The molecule has 0 aliphatic carbocycles. The van der Waals surface area contributed by atoms with Gasteiger partial charge in [-0.25, -0.2) is 4.98 Å². The van der Waals surface area contributed by atoms with Crippen LogP contribution in [0.2, 0.25) is 0 Å². The number of nitrogens with zero attached hydrogens (tertiary/aromatic N) is 3. The van der Waals surface area contributed by atoms with Crippen molar-refractivity contribution in [3.05, 3.63) is 11.8 Å². The van der Waals surface area contributed by atoms with E-state index >= 15 is 0 Å². The second-order valence-corrected chi connectivity index (χ2v) is 4.93. The van der Waals surface area contributed by atoms with Gasteiger partial charge in [-0.2, -0.15) is 18.2 Å². The smallest absolute Gasteiger partial charge is 0.368 e. The lowest BCUT2D eigenvalue weighted by Gasteiger charge is -2.42. The van der Waals surface area contributed by atoms with Crippen LogP contribution in [-0.2, 0) is 11.0 Å². The lowest BCUT2D eigenvalue weighted by Crippen LogP contribution is -2.62. The van der Waals surface area contributed by atoms with Crippen LogP contribution < -0.4 is 16.0 Å². The van der Waals surface area contributed by atoms with E-state index in [1.807, 2.05) is 0 Å². The van der Waals surface area contributed by atoms with Crippen LogP contribution >= 0.6 is 0 Å². The molecule has 1 aromatic rings. The van der Waals surface area contributed by atoms with Gasteiger partial charge in [-0.05, 0) is 13.8 Å². The highest BCUT2D eigenvalue weighted by atomic mass is 19.4. The van der Waals surface area contributed by atoms with Gasteiger partial charge in [0.15, 0.2) is 5.69 Å². The van der Waals surface area contributed by atoms with Crippen LogP contribution in [-0.4, -0.2) is 34.5 Å². The third-order valence-electron chi connectivity index (χ3n) is 3.15. The molecule has 1 fully saturated rings. The minimum absolute atomic E-state index is 0.00956. The van der Waals surface area contributed by atoms with Gasteiger partial charge in [-0.1, -0.05) is 0 Å². The predicted octanol–water partition coefficient (Wildman–Crippen LogP) is 0.792. The van der Waals surface area contributed by atoms with Crippen LogP contribution in [0.15, 0.2) is 6.07 Å². The summed E-state index contributed by atoms with van der Waals surface area (Å²) < 4.78 is 38.2. The molecule has 0 unspecified atom stereocenters. The number of piperazine rings is 1. The van der Waals surface area contributed by atoms with Gasteiger partial charge in [-0.3, -0.25) is 4.79 Å². The number of alkyl halides is 3. The molecule has 1 aliphatic rings. The summed E-state index contributed by atoms with van der Waals surface area (Å²) in [5.74, 6) is -0.768. The Bertz CT molecular complexity index is 543. The first-order valence-electron chi connectivity index (χ1n) is 5.90. The van der Waals surface area contributed by atoms with Crippen molar-refractivity contribution in [2.75, 3.05) is 23.7 Å². The molecule has 0 atom stereocenters. The van der Waals surface area contributed by atoms with Crippen LogP contribution in [0.5, 0.6) is 0 Å². The molecule has 2 rings (SSSR count). The number of carbonyl (C=O) groups excluding carboxylic acids is 1. The van der Waals surface area contributed by atoms with Crippen molar-refractivity contribution in [2.45, 2.75) is 25.6 Å². The zero-order chi connectivity index (χ0) is 15.1. The van der Waals surface area contributed by atoms with Crippen molar-refractivity contribution < 1.29 is 18.0 Å². The summed E-state index contributed by atoms with van der Waals surface area (Å²) in [7, 11) is 0. The van der Waals surface area contributed by atoms with Crippen molar-refractivity contribution in [3.8, 4) is 0 Å². The summed E-state index contributed by atoms with van der Waals surface area (Å²) in [6, 6.07) is 0.802. The number of rotatable bonds is 1. The van der Waals surface area contributed by atoms with E-state index in [-0.39, 0.29) is 11.7 Å². The predicted molar refractivity (Wildman–Crippen MR) is 65.9 cm³/mol. The van der Waals surface area contributed by atoms with Gasteiger partial charge < -0.3 is 16.0 Å². The van der Waals surface area contributed by atoms with E-state index in [0.717, 1.165) is 6.07 Å². The van der Waals surface area contributed by atoms with E-state index in [2.05, 4.69) is 15.3 Å². The SMILES string of the molecule is CC1(C)C(=O)NCCN1c1cc(C(F)(F)F)nc(N)n1. The van der Waals surface area contributed by atoms with E-state index in [4.69, 9.17) is 5.73 Å². The molecule has 1 aliphatic heterocycles. The van der Waals surface area contributed by atoms with Gasteiger partial charge in [0.1, 0.15) is 11.4 Å². The average Bonchev–Trinajstić information content (AvgIpc) is 2.30. The molecule has 0 radical (unpaired) electrons. The Morgan fingerprint density at radius 1 is 1.40 bits per heavy atom. The quantitative estimate of drug-likeness (QED) is 0.798. The van der Waals surface area contributed by atoms with Gasteiger partial charge in [0.2, 0.25) is 11.9 Å². The summed E-state index contributed by atoms with van der Waals surface area (Å²) in [6.07, 6.45) is -4.62. The number of carbonyl (C=O) groups is 1. The maximum Gasteiger partial charge on any atom is 0.433 e. The van der Waals surface area contributed by atoms with Crippen molar-refractivity contribution >= 4 is 17.7 Å². The zero-order valence-corrected chi connectivity index (χ0v) is 11.0. The van der Waals surface area contributed by atoms with Crippen LogP contribution in [0.25, 0.3) is 0 Å². The third kappa shape index (κ3) is 2.47. The molecule has 0 spiro atoms. The Kier molecular flexibility index (Phi) is 3.23. The Balaban J connectivity index is 2.47. The molecule has 0 aromatic carbocycles. The first kappa shape index (κ1) is 14.4. The van der Waals surface area contributed by atoms with E-state index in [9.17, 15) is 18.0 Å². The molecule has 0 bridgehead atoms. The van der Waals surface area contributed by atoms with Gasteiger partial charge >= 0.3 is 6.18 Å². The molecule has 6 nitrogen and oxygen atoms in total. The largest absolute Gasteiger partial charge is 0.433 e. The number of anilines is 2. The number of amides is 1. The number of nitrogens with two attached hydrogens (primary N) is 1. The van der Waals surface area contributed by atoms with Gasteiger partial charge in [0, 0.05) is 19.2 Å². The lowest BCUT2D eigenvalue weighted by molar-refractivity contribution is -0.141. The van der Waals surface area contributed by atoms with Crippen LogP contribution in [0.3, 0.4) is 0 Å². The minimum atomic E-state index is -4.62. The molecule has 2 heterocycles. The highest BCUT2D eigenvalue weighted by Crippen LogP contribution is 2.32. The maximum atomic E-state index is 12.7. The Hall–Kier alpha value is -2.06. The second kappa shape index (κ2) is 4.50. The second-order valence-electron chi connectivity index (χ2n) is 4.93. The fourth-order valence-corrected chi connectivity index (χ4v) is 2.04. The average molecular weight is 289 g/mol. The summed E-state index contributed by atoms with van der Waals surface area (Å²) in [5, 5.41) is 2.65. The third-order valence-corrected chi connectivity index (χ3v) is 3.15. The van der Waals surface area contributed by atoms with Crippen LogP contribution in [0.4, 0.5) is 24.9 Å². The first-order chi connectivity index (χ1) is 9.12. The molecule has 1 aromatic heterocycles. The Morgan fingerprint density at radius 3 is 2.65 bits per heavy atom. The molecule has 20 heavy (non-hydrogen) atoms. The monoisotopic (exact) mass is 289 g/mol. The van der Waals surface area contributed by atoms with Crippen molar-refractivity contribution in [1.29, 1.82) is 0 Å². The summed E-state index contributed by atoms with van der Waals surface area (Å²) in [4.78, 5) is 20.3. The summed E-state index contributed by atoms with van der Waals surface area (Å²) in [5.41, 5.74) is 3.20. The topological polar surface area (TPSA) is 84.1 Å². The molecule has 9 heteroatoms. The maximum absolute atomic E-state index is 12.7. The molecule has 3 N–H and O–H groups in total. The van der Waals surface area contributed by atoms with E-state index < -0.39 is 23.4 Å². The number of nitrogens with one attached hydrogen (secondary N) is 1. The molecule has 110 valence electrons. The van der Waals surface area contributed by atoms with Crippen LogP contribution in [0, 0.1) is 0 Å². The Morgan fingerprint density at radius 2 is 2.05 bits per heavy atom. The van der Waals surface area contributed by atoms with E-state index in [1.165, 1.54) is 4.90 Å². The normalized spacial score (nSPS) is 18.9. The Labute approximate surface area is 113 Å². The molecular formula is C11H14F3N5O. The highest BCUT2D eigenvalue weighted by Gasteiger charge is 2.40. The van der Waals surface area contributed by atoms with Gasteiger partial charge in [-0.15, -0.1) is 0 Å². The first-order valence-corrected chi connectivity index (χ1v) is 5.90. The molecule has 0 saturated carbocycles. The fraction of sp³-hybridized carbons (Fsp3) is 0.545. The highest BCUT2D eigenvalue weighted by molar-refractivity contribution is 5.90. The summed E-state index contributed by atoms with van der Waals surface area (Å²) in [6.45, 7) is 3.88. The lowest BCUT2D eigenvalue weighted by atomic mass is 9.99. The minimum Gasteiger partial charge on any atom is -0.368 e. The van der Waals surface area contributed by atoms with Crippen molar-refractivity contribution in [1.82, 2.24) is 15.3 Å². The number of halogens is 3.